The first-order valence-corrected chi connectivity index (χ1v) is 3.33. The van der Waals surface area contributed by atoms with Crippen LogP contribution in [0.25, 0.3) is 0 Å². The number of aliphatic hydroxyl groups excluding tert-OH is 1. The average molecular weight is 146 g/mol. The summed E-state index contributed by atoms with van der Waals surface area (Å²) >= 11 is 0. The van der Waals surface area contributed by atoms with E-state index >= 15 is 0 Å². The highest BCUT2D eigenvalue weighted by Crippen LogP contribution is 1.86. The van der Waals surface area contributed by atoms with Crippen molar-refractivity contribution in [3.63, 3.8) is 0 Å². The molecule has 0 aliphatic heterocycles. The minimum absolute atomic E-state index is 0.0100. The van der Waals surface area contributed by atoms with E-state index in [0.29, 0.717) is 0 Å². The van der Waals surface area contributed by atoms with E-state index in [4.69, 9.17) is 5.11 Å². The Labute approximate surface area is 60.6 Å². The summed E-state index contributed by atoms with van der Waals surface area (Å²) in [5, 5.41) is 13.6. The van der Waals surface area contributed by atoms with Gasteiger partial charge in [-0.3, -0.25) is 0 Å². The molecular weight excluding hydrogens is 132 g/mol. The van der Waals surface area contributed by atoms with E-state index < -0.39 is 0 Å². The molecule has 0 rings (SSSR count). The highest BCUT2D eigenvalue weighted by molar-refractivity contribution is 5.73. The Balaban J connectivity index is 3.52. The Bertz CT molecular complexity index is 102. The van der Waals surface area contributed by atoms with Crippen LogP contribution in [0.15, 0.2) is 0 Å². The molecule has 2 amide bonds. The second-order valence-electron chi connectivity index (χ2n) is 2.01. The number of hydrogen-bond donors (Lipinski definition) is 3. The van der Waals surface area contributed by atoms with E-state index in [1.54, 1.807) is 7.05 Å². The van der Waals surface area contributed by atoms with Crippen molar-refractivity contribution in [2.45, 2.75) is 19.4 Å². The van der Waals surface area contributed by atoms with E-state index in [2.05, 4.69) is 10.6 Å². The van der Waals surface area contributed by atoms with Crippen LogP contribution in [0.4, 0.5) is 4.79 Å². The fraction of sp³-hybridized carbons (Fsp3) is 0.833. The molecule has 0 fully saturated rings. The molecule has 0 saturated carbocycles. The number of amides is 2. The Morgan fingerprint density at radius 1 is 1.70 bits per heavy atom. The van der Waals surface area contributed by atoms with Crippen molar-refractivity contribution < 1.29 is 9.90 Å². The molecule has 0 aromatic heterocycles. The lowest BCUT2D eigenvalue weighted by Gasteiger charge is -2.12. The zero-order chi connectivity index (χ0) is 7.98. The molecule has 1 atom stereocenters. The summed E-state index contributed by atoms with van der Waals surface area (Å²) in [6, 6.07) is -0.374. The summed E-state index contributed by atoms with van der Waals surface area (Å²) < 4.78 is 0. The van der Waals surface area contributed by atoms with E-state index in [-0.39, 0.29) is 18.7 Å². The van der Waals surface area contributed by atoms with Gasteiger partial charge in [0.05, 0.1) is 12.6 Å². The fourth-order valence-electron chi connectivity index (χ4n) is 0.534. The highest BCUT2D eigenvalue weighted by atomic mass is 16.3. The van der Waals surface area contributed by atoms with Gasteiger partial charge in [0.25, 0.3) is 0 Å². The normalized spacial score (nSPS) is 12.3. The van der Waals surface area contributed by atoms with Crippen LogP contribution in [0.3, 0.4) is 0 Å². The van der Waals surface area contributed by atoms with Crippen molar-refractivity contribution in [1.82, 2.24) is 10.6 Å². The fourth-order valence-corrected chi connectivity index (χ4v) is 0.534. The lowest BCUT2D eigenvalue weighted by atomic mass is 10.2. The molecule has 0 aliphatic rings. The Morgan fingerprint density at radius 3 is 2.60 bits per heavy atom. The molecule has 10 heavy (non-hydrogen) atoms. The van der Waals surface area contributed by atoms with Crippen LogP contribution in [0.5, 0.6) is 0 Å². The molecule has 0 spiro atoms. The van der Waals surface area contributed by atoms with E-state index in [9.17, 15) is 4.79 Å². The third-order valence-electron chi connectivity index (χ3n) is 1.28. The maximum absolute atomic E-state index is 10.6. The van der Waals surface area contributed by atoms with E-state index in [0.717, 1.165) is 6.42 Å². The third kappa shape index (κ3) is 3.29. The SMILES string of the molecule is CC[C@H](CO)NC(=O)NC. The van der Waals surface area contributed by atoms with Gasteiger partial charge in [-0.15, -0.1) is 0 Å². The molecule has 0 aromatic carbocycles. The predicted molar refractivity (Wildman–Crippen MR) is 38.8 cm³/mol. The Morgan fingerprint density at radius 2 is 2.30 bits per heavy atom. The van der Waals surface area contributed by atoms with Crippen LogP contribution in [0.1, 0.15) is 13.3 Å². The number of hydrogen-bond acceptors (Lipinski definition) is 2. The second-order valence-corrected chi connectivity index (χ2v) is 2.01. The van der Waals surface area contributed by atoms with Crippen LogP contribution < -0.4 is 10.6 Å². The lowest BCUT2D eigenvalue weighted by Crippen LogP contribution is -2.41. The van der Waals surface area contributed by atoms with Gasteiger partial charge >= 0.3 is 6.03 Å². The van der Waals surface area contributed by atoms with Crippen molar-refractivity contribution in [2.75, 3.05) is 13.7 Å². The summed E-state index contributed by atoms with van der Waals surface area (Å²) in [7, 11) is 1.54. The monoisotopic (exact) mass is 146 g/mol. The van der Waals surface area contributed by atoms with E-state index in [1.807, 2.05) is 6.92 Å². The lowest BCUT2D eigenvalue weighted by molar-refractivity contribution is 0.216. The van der Waals surface area contributed by atoms with Crippen molar-refractivity contribution in [3.05, 3.63) is 0 Å². The molecule has 0 heterocycles. The molecular formula is C6H14N2O2. The van der Waals surface area contributed by atoms with Gasteiger partial charge in [0.15, 0.2) is 0 Å². The number of nitrogens with one attached hydrogen (secondary N) is 2. The topological polar surface area (TPSA) is 61.4 Å². The third-order valence-corrected chi connectivity index (χ3v) is 1.28. The van der Waals surface area contributed by atoms with Gasteiger partial charge in [-0.2, -0.15) is 0 Å². The maximum atomic E-state index is 10.6. The Kier molecular flexibility index (Phi) is 4.66. The van der Waals surface area contributed by atoms with Gasteiger partial charge in [-0.25, -0.2) is 4.79 Å². The molecule has 0 unspecified atom stereocenters. The van der Waals surface area contributed by atoms with Crippen LogP contribution in [-0.2, 0) is 0 Å². The van der Waals surface area contributed by atoms with Gasteiger partial charge in [-0.1, -0.05) is 6.92 Å². The summed E-state index contributed by atoms with van der Waals surface area (Å²) in [5.41, 5.74) is 0. The number of carbonyl (C=O) groups is 1. The molecule has 4 nitrogen and oxygen atoms in total. The zero-order valence-corrected chi connectivity index (χ0v) is 6.35. The summed E-state index contributed by atoms with van der Waals surface area (Å²) in [6.07, 6.45) is 0.740. The van der Waals surface area contributed by atoms with Gasteiger partial charge in [0, 0.05) is 7.05 Å². The average Bonchev–Trinajstić information content (AvgIpc) is 1.99. The standard InChI is InChI=1S/C6H14N2O2/c1-3-5(4-9)8-6(10)7-2/h5,9H,3-4H2,1-2H3,(H2,7,8,10)/t5-/m1/s1. The summed E-state index contributed by atoms with van der Waals surface area (Å²) in [4.78, 5) is 10.6. The first-order chi connectivity index (χ1) is 4.74. The van der Waals surface area contributed by atoms with Crippen molar-refractivity contribution >= 4 is 6.03 Å². The number of carbonyl (C=O) groups excluding carboxylic acids is 1. The Hall–Kier alpha value is -0.770. The molecule has 3 N–H and O–H groups in total. The van der Waals surface area contributed by atoms with Gasteiger partial charge in [-0.05, 0) is 6.42 Å². The quantitative estimate of drug-likeness (QED) is 0.511. The first kappa shape index (κ1) is 9.23. The largest absolute Gasteiger partial charge is 0.394 e. The van der Waals surface area contributed by atoms with Crippen LogP contribution in [0, 0.1) is 0 Å². The molecule has 60 valence electrons. The van der Waals surface area contributed by atoms with Crippen LogP contribution in [0.2, 0.25) is 0 Å². The molecule has 0 aromatic rings. The first-order valence-electron chi connectivity index (χ1n) is 3.33. The van der Waals surface area contributed by atoms with Gasteiger partial charge in [0.1, 0.15) is 0 Å². The molecule has 0 aliphatic carbocycles. The minimum Gasteiger partial charge on any atom is -0.394 e. The second kappa shape index (κ2) is 5.05. The number of aliphatic hydroxyl groups is 1. The van der Waals surface area contributed by atoms with E-state index in [1.165, 1.54) is 0 Å². The van der Waals surface area contributed by atoms with Crippen molar-refractivity contribution in [1.29, 1.82) is 0 Å². The summed E-state index contributed by atoms with van der Waals surface area (Å²) in [6.45, 7) is 1.89. The predicted octanol–water partition coefficient (Wildman–Crippen LogP) is -0.314. The number of urea groups is 1. The van der Waals surface area contributed by atoms with Crippen LogP contribution >= 0.6 is 0 Å². The van der Waals surface area contributed by atoms with Crippen LogP contribution in [-0.4, -0.2) is 30.8 Å². The zero-order valence-electron chi connectivity index (χ0n) is 6.35. The minimum atomic E-state index is -0.249. The summed E-state index contributed by atoms with van der Waals surface area (Å²) in [5.74, 6) is 0. The van der Waals surface area contributed by atoms with Gasteiger partial charge < -0.3 is 15.7 Å². The molecule has 0 bridgehead atoms. The maximum Gasteiger partial charge on any atom is 0.314 e. The molecule has 0 radical (unpaired) electrons. The highest BCUT2D eigenvalue weighted by Gasteiger charge is 2.05. The van der Waals surface area contributed by atoms with Crippen molar-refractivity contribution in [3.8, 4) is 0 Å². The van der Waals surface area contributed by atoms with Crippen molar-refractivity contribution in [2.24, 2.45) is 0 Å². The molecule has 0 saturated heterocycles. The van der Waals surface area contributed by atoms with Gasteiger partial charge in [0.2, 0.25) is 0 Å². The number of rotatable bonds is 3. The molecule has 4 heteroatoms. The smallest absolute Gasteiger partial charge is 0.314 e.